The van der Waals surface area contributed by atoms with Crippen LogP contribution in [0.2, 0.25) is 0 Å². The quantitative estimate of drug-likeness (QED) is 0.379. The topological polar surface area (TPSA) is 102 Å². The van der Waals surface area contributed by atoms with Crippen LogP contribution >= 0.6 is 0 Å². The number of aliphatic hydroxyl groups is 1. The third-order valence-corrected chi connectivity index (χ3v) is 5.88. The molecular formula is C25H21F3N6O2. The number of nitrogens with zero attached hydrogens (tertiary/aromatic N) is 5. The first-order valence-corrected chi connectivity index (χ1v) is 11.0. The van der Waals surface area contributed by atoms with Gasteiger partial charge >= 0.3 is 11.9 Å². The molecule has 1 unspecified atom stereocenters. The minimum Gasteiger partial charge on any atom is -0.389 e. The fourth-order valence-corrected chi connectivity index (χ4v) is 4.10. The van der Waals surface area contributed by atoms with Crippen molar-refractivity contribution in [3.8, 4) is 22.8 Å². The van der Waals surface area contributed by atoms with Crippen molar-refractivity contribution in [2.45, 2.75) is 25.7 Å². The van der Waals surface area contributed by atoms with Gasteiger partial charge in [0.1, 0.15) is 11.3 Å². The van der Waals surface area contributed by atoms with Crippen LogP contribution in [0.1, 0.15) is 29.8 Å². The van der Waals surface area contributed by atoms with E-state index >= 15 is 0 Å². The minimum atomic E-state index is -4.52. The Hall–Kier alpha value is -4.25. The lowest BCUT2D eigenvalue weighted by molar-refractivity contribution is -0.140. The van der Waals surface area contributed by atoms with Crippen molar-refractivity contribution in [1.29, 1.82) is 0 Å². The molecule has 36 heavy (non-hydrogen) atoms. The van der Waals surface area contributed by atoms with E-state index in [1.807, 2.05) is 12.1 Å². The van der Waals surface area contributed by atoms with Crippen molar-refractivity contribution in [3.05, 3.63) is 88.2 Å². The van der Waals surface area contributed by atoms with Gasteiger partial charge in [-0.3, -0.25) is 4.57 Å². The molecule has 0 aliphatic heterocycles. The lowest BCUT2D eigenvalue weighted by Crippen LogP contribution is -2.17. The molecule has 1 atom stereocenters. The summed E-state index contributed by atoms with van der Waals surface area (Å²) in [6.07, 6.45) is -2.78. The van der Waals surface area contributed by atoms with Crippen molar-refractivity contribution in [2.24, 2.45) is 7.05 Å². The Kier molecular flexibility index (Phi) is 5.71. The van der Waals surface area contributed by atoms with Crippen molar-refractivity contribution < 1.29 is 18.3 Å². The average molecular weight is 494 g/mol. The van der Waals surface area contributed by atoms with Crippen molar-refractivity contribution >= 4 is 11.2 Å². The van der Waals surface area contributed by atoms with Crippen LogP contribution < -0.4 is 5.69 Å². The van der Waals surface area contributed by atoms with Gasteiger partial charge in [-0.25, -0.2) is 19.7 Å². The molecule has 0 aliphatic carbocycles. The van der Waals surface area contributed by atoms with Crippen LogP contribution in [0.25, 0.3) is 33.9 Å². The number of halogens is 3. The second-order valence-corrected chi connectivity index (χ2v) is 8.47. The van der Waals surface area contributed by atoms with E-state index in [2.05, 4.69) is 19.9 Å². The Morgan fingerprint density at radius 1 is 1.08 bits per heavy atom. The summed E-state index contributed by atoms with van der Waals surface area (Å²) in [6.45, 7) is 1.84. The van der Waals surface area contributed by atoms with Crippen LogP contribution in [-0.2, 0) is 19.8 Å². The van der Waals surface area contributed by atoms with Crippen molar-refractivity contribution in [1.82, 2.24) is 29.1 Å². The van der Waals surface area contributed by atoms with Gasteiger partial charge < -0.3 is 14.7 Å². The Morgan fingerprint density at radius 2 is 1.81 bits per heavy atom. The Labute approximate surface area is 202 Å². The standard InChI is InChI=1S/C25H21F3N6O2/c1-14(35)17-5-3-4-6-18(17)21-29-11-19-23(32-21)34(24(36)30-19)12-15-7-9-16(10-8-15)22-31-20(13-33(22)2)25(26,27)28/h3-11,13-14,35H,12H2,1-2H3,(H,30,36). The summed E-state index contributed by atoms with van der Waals surface area (Å²) in [7, 11) is 1.50. The van der Waals surface area contributed by atoms with E-state index < -0.39 is 18.0 Å². The molecule has 0 aliphatic rings. The zero-order valence-electron chi connectivity index (χ0n) is 19.3. The number of imidazole rings is 2. The van der Waals surface area contributed by atoms with Crippen molar-refractivity contribution in [2.75, 3.05) is 0 Å². The second-order valence-electron chi connectivity index (χ2n) is 8.47. The number of nitrogens with one attached hydrogen (secondary N) is 1. The molecule has 8 nitrogen and oxygen atoms in total. The average Bonchev–Trinajstić information content (AvgIpc) is 3.39. The van der Waals surface area contributed by atoms with Crippen LogP contribution in [-0.4, -0.2) is 34.2 Å². The van der Waals surface area contributed by atoms with Gasteiger partial charge in [0.25, 0.3) is 0 Å². The fourth-order valence-electron chi connectivity index (χ4n) is 4.10. The monoisotopic (exact) mass is 494 g/mol. The van der Waals surface area contributed by atoms with Gasteiger partial charge in [0, 0.05) is 24.4 Å². The molecule has 184 valence electrons. The SMILES string of the molecule is CC(O)c1ccccc1-c1ncc2[nH]c(=O)n(Cc3ccc(-c4nc(C(F)(F)F)cn4C)cc3)c2n1. The maximum atomic E-state index is 13.0. The molecular weight excluding hydrogens is 473 g/mol. The first kappa shape index (κ1) is 23.5. The number of hydrogen-bond acceptors (Lipinski definition) is 5. The number of hydrogen-bond donors (Lipinski definition) is 2. The van der Waals surface area contributed by atoms with Gasteiger partial charge in [0.15, 0.2) is 17.2 Å². The molecule has 0 fully saturated rings. The predicted molar refractivity (Wildman–Crippen MR) is 127 cm³/mol. The first-order valence-electron chi connectivity index (χ1n) is 11.0. The number of fused-ring (bicyclic) bond motifs is 1. The largest absolute Gasteiger partial charge is 0.434 e. The zero-order chi connectivity index (χ0) is 25.6. The summed E-state index contributed by atoms with van der Waals surface area (Å²) in [4.78, 5) is 28.1. The third kappa shape index (κ3) is 4.29. The van der Waals surface area contributed by atoms with Gasteiger partial charge in [-0.2, -0.15) is 13.2 Å². The molecule has 0 spiro atoms. The van der Waals surface area contributed by atoms with Crippen molar-refractivity contribution in [3.63, 3.8) is 0 Å². The first-order chi connectivity index (χ1) is 17.1. The Bertz CT molecular complexity index is 1610. The van der Waals surface area contributed by atoms with E-state index in [1.54, 1.807) is 43.3 Å². The van der Waals surface area contributed by atoms with Gasteiger partial charge in [0.2, 0.25) is 0 Å². The van der Waals surface area contributed by atoms with Gasteiger partial charge in [-0.15, -0.1) is 0 Å². The number of benzene rings is 2. The highest BCUT2D eigenvalue weighted by Gasteiger charge is 2.34. The third-order valence-electron chi connectivity index (χ3n) is 5.88. The van der Waals surface area contributed by atoms with E-state index in [0.717, 1.165) is 11.8 Å². The van der Waals surface area contributed by atoms with Gasteiger partial charge in [-0.1, -0.05) is 48.5 Å². The van der Waals surface area contributed by atoms with Crippen LogP contribution in [0.5, 0.6) is 0 Å². The lowest BCUT2D eigenvalue weighted by Gasteiger charge is -2.11. The molecule has 5 aromatic rings. The molecule has 3 aromatic heterocycles. The Balaban J connectivity index is 1.48. The minimum absolute atomic E-state index is 0.183. The summed E-state index contributed by atoms with van der Waals surface area (Å²) < 4.78 is 41.8. The maximum Gasteiger partial charge on any atom is 0.434 e. The van der Waals surface area contributed by atoms with Crippen LogP contribution in [0, 0.1) is 0 Å². The van der Waals surface area contributed by atoms with Crippen LogP contribution in [0.15, 0.2) is 65.7 Å². The number of rotatable bonds is 5. The predicted octanol–water partition coefficient (Wildman–Crippen LogP) is 4.31. The number of aryl methyl sites for hydroxylation is 1. The van der Waals surface area contributed by atoms with E-state index in [-0.39, 0.29) is 18.1 Å². The molecule has 2 aromatic carbocycles. The molecule has 5 rings (SSSR count). The smallest absolute Gasteiger partial charge is 0.389 e. The van der Waals surface area contributed by atoms with E-state index in [1.165, 1.54) is 22.4 Å². The molecule has 0 bridgehead atoms. The second kappa shape index (κ2) is 8.76. The number of H-pyrrole nitrogens is 1. The van der Waals surface area contributed by atoms with E-state index in [4.69, 9.17) is 0 Å². The molecule has 3 heterocycles. The number of aliphatic hydroxyl groups excluding tert-OH is 1. The summed E-state index contributed by atoms with van der Waals surface area (Å²) in [5.41, 5.74) is 2.12. The van der Waals surface area contributed by atoms with E-state index in [0.29, 0.717) is 33.7 Å². The van der Waals surface area contributed by atoms with Gasteiger partial charge in [0.05, 0.1) is 18.8 Å². The summed E-state index contributed by atoms with van der Waals surface area (Å²) in [6, 6.07) is 14.0. The van der Waals surface area contributed by atoms with E-state index in [9.17, 15) is 23.1 Å². The molecule has 11 heteroatoms. The zero-order valence-corrected chi connectivity index (χ0v) is 19.3. The Morgan fingerprint density at radius 3 is 2.47 bits per heavy atom. The summed E-state index contributed by atoms with van der Waals surface area (Å²) >= 11 is 0. The molecule has 0 amide bonds. The molecule has 0 saturated carbocycles. The highest BCUT2D eigenvalue weighted by molar-refractivity contribution is 5.73. The fraction of sp³-hybridized carbons (Fsp3) is 0.200. The van der Waals surface area contributed by atoms with Crippen LogP contribution in [0.4, 0.5) is 13.2 Å². The normalized spacial score (nSPS) is 12.8. The highest BCUT2D eigenvalue weighted by Crippen LogP contribution is 2.31. The molecule has 0 saturated heterocycles. The summed E-state index contributed by atoms with van der Waals surface area (Å²) in [5, 5.41) is 10.1. The molecule has 2 N–H and O–H groups in total. The molecule has 0 radical (unpaired) electrons. The van der Waals surface area contributed by atoms with Crippen LogP contribution in [0.3, 0.4) is 0 Å². The summed E-state index contributed by atoms with van der Waals surface area (Å²) in [5.74, 6) is 0.560. The number of aromatic amines is 1. The highest BCUT2D eigenvalue weighted by atomic mass is 19.4. The van der Waals surface area contributed by atoms with Gasteiger partial charge in [-0.05, 0) is 18.1 Å². The number of alkyl halides is 3. The lowest BCUT2D eigenvalue weighted by atomic mass is 10.0. The number of aromatic nitrogens is 6. The maximum absolute atomic E-state index is 13.0.